The number of halogens is 2. The lowest BCUT2D eigenvalue weighted by Gasteiger charge is -2.27. The lowest BCUT2D eigenvalue weighted by molar-refractivity contribution is -0.0589. The highest BCUT2D eigenvalue weighted by Crippen LogP contribution is 2.29. The summed E-state index contributed by atoms with van der Waals surface area (Å²) in [6.07, 6.45) is 0.758. The Labute approximate surface area is 242 Å². The zero-order chi connectivity index (χ0) is 29.4. The fourth-order valence-corrected chi connectivity index (χ4v) is 5.53. The van der Waals surface area contributed by atoms with Crippen molar-refractivity contribution in [2.75, 3.05) is 6.61 Å². The number of hydrogen-bond acceptors (Lipinski definition) is 7. The molecule has 1 aliphatic rings. The summed E-state index contributed by atoms with van der Waals surface area (Å²) in [7, 11) is 0. The predicted molar refractivity (Wildman–Crippen MR) is 151 cm³/mol. The first-order valence-electron chi connectivity index (χ1n) is 13.0. The second-order valence-corrected chi connectivity index (χ2v) is 10.8. The van der Waals surface area contributed by atoms with E-state index < -0.39 is 23.5 Å². The van der Waals surface area contributed by atoms with Gasteiger partial charge in [0.2, 0.25) is 11.8 Å². The predicted octanol–water partition coefficient (Wildman–Crippen LogP) is 5.19. The second kappa shape index (κ2) is 11.3. The Balaban J connectivity index is 1.26. The van der Waals surface area contributed by atoms with Crippen LogP contribution in [0.1, 0.15) is 43.4 Å². The summed E-state index contributed by atoms with van der Waals surface area (Å²) in [4.78, 5) is 32.6. The number of imidazole rings is 1. The van der Waals surface area contributed by atoms with Gasteiger partial charge in [-0.1, -0.05) is 6.07 Å². The minimum Gasteiger partial charge on any atom is -0.478 e. The Morgan fingerprint density at radius 2 is 1.93 bits per heavy atom. The lowest BCUT2D eigenvalue weighted by Crippen LogP contribution is -2.31. The number of aromatic nitrogens is 3. The number of carbonyl (C=O) groups is 2. The van der Waals surface area contributed by atoms with Crippen LogP contribution in [0.3, 0.4) is 0 Å². The van der Waals surface area contributed by atoms with Crippen LogP contribution >= 0.6 is 11.3 Å². The fourth-order valence-electron chi connectivity index (χ4n) is 4.74. The monoisotopic (exact) mass is 590 g/mol. The molecule has 214 valence electrons. The minimum absolute atomic E-state index is 0.0163. The topological polar surface area (TPSA) is 130 Å². The van der Waals surface area contributed by atoms with Crippen LogP contribution < -0.4 is 10.5 Å². The Morgan fingerprint density at radius 1 is 1.10 bits per heavy atom. The van der Waals surface area contributed by atoms with Crippen molar-refractivity contribution in [1.29, 1.82) is 0 Å². The number of ether oxygens (including phenoxy) is 2. The molecule has 1 saturated heterocycles. The molecule has 6 rings (SSSR count). The average molecular weight is 591 g/mol. The molecule has 5 aromatic rings. The summed E-state index contributed by atoms with van der Waals surface area (Å²) in [5, 5.41) is 11.1. The maximum Gasteiger partial charge on any atom is 0.335 e. The minimum atomic E-state index is -1.07. The van der Waals surface area contributed by atoms with E-state index in [1.54, 1.807) is 35.7 Å². The number of carboxylic acid groups (broad SMARTS) is 1. The van der Waals surface area contributed by atoms with E-state index in [4.69, 9.17) is 15.2 Å². The van der Waals surface area contributed by atoms with Crippen LogP contribution in [0.4, 0.5) is 8.78 Å². The second-order valence-electron chi connectivity index (χ2n) is 9.84. The van der Waals surface area contributed by atoms with Crippen LogP contribution in [0.5, 0.6) is 5.88 Å². The molecule has 12 heteroatoms. The highest BCUT2D eigenvalue weighted by atomic mass is 32.1. The maximum atomic E-state index is 15.4. The lowest BCUT2D eigenvalue weighted by atomic mass is 10.0. The summed E-state index contributed by atoms with van der Waals surface area (Å²) in [6.45, 7) is 1.19. The van der Waals surface area contributed by atoms with Gasteiger partial charge in [0.1, 0.15) is 24.1 Å². The molecule has 3 N–H and O–H groups in total. The van der Waals surface area contributed by atoms with Crippen LogP contribution in [0.2, 0.25) is 0 Å². The number of aromatic carboxylic acids is 1. The number of primary amides is 1. The largest absolute Gasteiger partial charge is 0.478 e. The van der Waals surface area contributed by atoms with Crippen molar-refractivity contribution in [1.82, 2.24) is 14.5 Å². The highest BCUT2D eigenvalue weighted by Gasteiger charge is 2.23. The number of nitrogens with two attached hydrogens (primary N) is 1. The van der Waals surface area contributed by atoms with Gasteiger partial charge in [0.15, 0.2) is 0 Å². The summed E-state index contributed by atoms with van der Waals surface area (Å²) in [5.74, 6) is -2.23. The van der Waals surface area contributed by atoms with E-state index in [1.807, 2.05) is 4.57 Å². The van der Waals surface area contributed by atoms with Crippen molar-refractivity contribution in [3.05, 3.63) is 99.0 Å². The number of amides is 1. The number of carboxylic acids is 1. The first-order chi connectivity index (χ1) is 20.2. The third-order valence-electron chi connectivity index (χ3n) is 7.04. The van der Waals surface area contributed by atoms with E-state index in [1.165, 1.54) is 23.5 Å². The van der Waals surface area contributed by atoms with E-state index in [9.17, 15) is 14.7 Å². The van der Waals surface area contributed by atoms with Gasteiger partial charge in [-0.15, -0.1) is 11.3 Å². The van der Waals surface area contributed by atoms with Crippen LogP contribution in [0.15, 0.2) is 60.0 Å². The third-order valence-corrected chi connectivity index (χ3v) is 7.95. The molecule has 3 aromatic heterocycles. The van der Waals surface area contributed by atoms with Gasteiger partial charge in [0, 0.05) is 34.9 Å². The van der Waals surface area contributed by atoms with Gasteiger partial charge >= 0.3 is 5.97 Å². The molecule has 9 nitrogen and oxygen atoms in total. The molecule has 42 heavy (non-hydrogen) atoms. The van der Waals surface area contributed by atoms with Crippen LogP contribution in [-0.2, 0) is 24.3 Å². The van der Waals surface area contributed by atoms with Crippen LogP contribution in [0, 0.1) is 11.6 Å². The van der Waals surface area contributed by atoms with Crippen molar-refractivity contribution in [2.45, 2.75) is 32.1 Å². The molecule has 1 fully saturated rings. The molecule has 0 aliphatic carbocycles. The first-order valence-corrected chi connectivity index (χ1v) is 13.9. The van der Waals surface area contributed by atoms with Gasteiger partial charge in [-0.3, -0.25) is 4.79 Å². The highest BCUT2D eigenvalue weighted by molar-refractivity contribution is 7.10. The molecule has 0 spiro atoms. The van der Waals surface area contributed by atoms with Gasteiger partial charge in [-0.05, 0) is 54.4 Å². The number of benzene rings is 2. The quantitative estimate of drug-likeness (QED) is 0.229. The van der Waals surface area contributed by atoms with Gasteiger partial charge in [0.05, 0.1) is 40.5 Å². The molecule has 0 radical (unpaired) electrons. The van der Waals surface area contributed by atoms with Crippen LogP contribution in [-0.4, -0.2) is 44.2 Å². The molecule has 2 aromatic carbocycles. The normalized spacial score (nSPS) is 14.6. The van der Waals surface area contributed by atoms with E-state index in [0.717, 1.165) is 23.4 Å². The first kappa shape index (κ1) is 27.5. The molecule has 4 heterocycles. The molecular weight excluding hydrogens is 566 g/mol. The van der Waals surface area contributed by atoms with Crippen molar-refractivity contribution in [3.8, 4) is 17.1 Å². The smallest absolute Gasteiger partial charge is 0.335 e. The Kier molecular flexibility index (Phi) is 7.40. The Morgan fingerprint density at radius 3 is 2.64 bits per heavy atom. The summed E-state index contributed by atoms with van der Waals surface area (Å²) in [6, 6.07) is 13.2. The van der Waals surface area contributed by atoms with Gasteiger partial charge in [-0.25, -0.2) is 23.5 Å². The summed E-state index contributed by atoms with van der Waals surface area (Å²) in [5.41, 5.74) is 7.18. The maximum absolute atomic E-state index is 15.4. The van der Waals surface area contributed by atoms with E-state index >= 15 is 8.78 Å². The van der Waals surface area contributed by atoms with Gasteiger partial charge in [0.25, 0.3) is 0 Å². The Hall–Kier alpha value is -4.68. The van der Waals surface area contributed by atoms with Crippen LogP contribution in [0.25, 0.3) is 22.3 Å². The molecule has 1 atom stereocenters. The number of pyridine rings is 1. The van der Waals surface area contributed by atoms with Gasteiger partial charge in [-0.2, -0.15) is 0 Å². The number of rotatable bonds is 10. The van der Waals surface area contributed by atoms with Gasteiger partial charge < -0.3 is 24.9 Å². The SMILES string of the molecule is NC(=O)c1csc(COc2cccc(-c3cc(F)c(Cc4nc5ccc(C(=O)O)cc5n4CC4CCO4)cc3F)n2)c1. The molecular formula is C30H24F2N4O5S. The van der Waals surface area contributed by atoms with E-state index in [-0.39, 0.29) is 47.4 Å². The summed E-state index contributed by atoms with van der Waals surface area (Å²) >= 11 is 1.31. The number of nitrogens with zero attached hydrogens (tertiary/aromatic N) is 3. The molecule has 1 aliphatic heterocycles. The molecule has 0 saturated carbocycles. The standard InChI is InChI=1S/C30H24F2N4O5S/c31-22-12-21(24-2-1-3-28(35-24)41-14-20-8-18(15-42-20)29(33)37)23(32)9-17(22)11-27-34-25-5-4-16(30(38)39)10-26(25)36(27)13-19-6-7-40-19/h1-5,8-10,12,15,19H,6-7,11,13-14H2,(H2,33,37)(H,38,39). The van der Waals surface area contributed by atoms with Crippen molar-refractivity contribution in [3.63, 3.8) is 0 Å². The number of fused-ring (bicyclic) bond motifs is 1. The average Bonchev–Trinajstić information content (AvgIpc) is 3.56. The molecule has 1 unspecified atom stereocenters. The van der Waals surface area contributed by atoms with E-state index in [0.29, 0.717) is 35.6 Å². The summed E-state index contributed by atoms with van der Waals surface area (Å²) < 4.78 is 43.9. The molecule has 1 amide bonds. The Bertz CT molecular complexity index is 1830. The zero-order valence-corrected chi connectivity index (χ0v) is 22.9. The number of carbonyl (C=O) groups excluding carboxylic acids is 1. The zero-order valence-electron chi connectivity index (χ0n) is 22.0. The number of thiophene rings is 1. The van der Waals surface area contributed by atoms with E-state index in [2.05, 4.69) is 9.97 Å². The van der Waals surface area contributed by atoms with Crippen molar-refractivity contribution < 1.29 is 33.0 Å². The fraction of sp³-hybridized carbons (Fsp3) is 0.200. The third kappa shape index (κ3) is 5.58. The molecule has 0 bridgehead atoms. The number of hydrogen-bond donors (Lipinski definition) is 2. The van der Waals surface area contributed by atoms with Crippen molar-refractivity contribution in [2.24, 2.45) is 5.73 Å². The van der Waals surface area contributed by atoms with Crippen molar-refractivity contribution >= 4 is 34.2 Å².